The van der Waals surface area contributed by atoms with Crippen LogP contribution in [0.2, 0.25) is 0 Å². The summed E-state index contributed by atoms with van der Waals surface area (Å²) in [4.78, 5) is 0. The number of hydrogen-bond donors (Lipinski definition) is 0. The van der Waals surface area contributed by atoms with E-state index >= 15 is 0 Å². The van der Waals surface area contributed by atoms with Gasteiger partial charge in [0.05, 0.1) is 0 Å². The molecule has 0 N–H and O–H groups in total. The van der Waals surface area contributed by atoms with Crippen LogP contribution in [0.5, 0.6) is 0 Å². The summed E-state index contributed by atoms with van der Waals surface area (Å²) in [6.07, 6.45) is 0. The number of halogens is 1. The van der Waals surface area contributed by atoms with Crippen molar-refractivity contribution in [2.75, 3.05) is 0 Å². The SMILES string of the molecule is [Cl][Ni]([c]1ccccc1)([PH](c1ccccc1)(c1ccccc1)c1ccccc1)[PH](c1ccccc1)(c1ccccc1)c1ccccc1. The molecule has 0 aliphatic carbocycles. The first-order chi connectivity index (χ1) is 22.7. The molecule has 0 radical (unpaired) electrons. The average molecular weight is 698 g/mol. The van der Waals surface area contributed by atoms with Gasteiger partial charge in [0.15, 0.2) is 0 Å². The van der Waals surface area contributed by atoms with E-state index in [4.69, 9.17) is 0 Å². The van der Waals surface area contributed by atoms with E-state index in [0.29, 0.717) is 0 Å². The van der Waals surface area contributed by atoms with Gasteiger partial charge in [-0.2, -0.15) is 0 Å². The van der Waals surface area contributed by atoms with E-state index in [1.54, 1.807) is 0 Å². The van der Waals surface area contributed by atoms with E-state index in [0.717, 1.165) is 0 Å². The molecule has 7 aromatic carbocycles. The Labute approximate surface area is 280 Å². The Morgan fingerprint density at radius 3 is 0.630 bits per heavy atom. The topological polar surface area (TPSA) is 0 Å². The second-order valence-electron chi connectivity index (χ2n) is 11.1. The zero-order valence-electron chi connectivity index (χ0n) is 25.4. The van der Waals surface area contributed by atoms with Crippen molar-refractivity contribution in [3.8, 4) is 0 Å². The summed E-state index contributed by atoms with van der Waals surface area (Å²) in [5.74, 6) is 0. The van der Waals surface area contributed by atoms with Gasteiger partial charge in [-0.15, -0.1) is 0 Å². The van der Waals surface area contributed by atoms with Crippen molar-refractivity contribution in [2.24, 2.45) is 0 Å². The molecule has 7 aromatic rings. The van der Waals surface area contributed by atoms with Crippen molar-refractivity contribution in [1.82, 2.24) is 0 Å². The summed E-state index contributed by atoms with van der Waals surface area (Å²) in [5.41, 5.74) is 0. The Kier molecular flexibility index (Phi) is 9.04. The van der Waals surface area contributed by atoms with Crippen LogP contribution in [0.4, 0.5) is 0 Å². The van der Waals surface area contributed by atoms with Crippen LogP contribution in [0.1, 0.15) is 0 Å². The van der Waals surface area contributed by atoms with E-state index in [1.807, 2.05) is 0 Å². The molecule has 232 valence electrons. The first-order valence-electron chi connectivity index (χ1n) is 15.5. The number of hydrogen-bond acceptors (Lipinski definition) is 0. The molecule has 0 fully saturated rings. The summed E-state index contributed by atoms with van der Waals surface area (Å²) in [5, 5.41) is 7.95. The van der Waals surface area contributed by atoms with Crippen LogP contribution in [0, 0.1) is 0 Å². The van der Waals surface area contributed by atoms with Gasteiger partial charge in [-0.05, 0) is 0 Å². The summed E-state index contributed by atoms with van der Waals surface area (Å²) >= 11 is 0. The first-order valence-corrected chi connectivity index (χ1v) is 23.9. The standard InChI is InChI=1S/2C18H15P.C6H5.ClH.Ni/c2*1-4-10-16(11-5-1)19(17-12-6-2-7-13-17)18-14-8-3-9-15-18;1-2-4-6-5-3-1;;/h2*1-15H;1-5H;1H;/q;;;;-1/p+1. The Hall–Kier alpha value is -3.82. The van der Waals surface area contributed by atoms with Crippen molar-refractivity contribution in [1.29, 1.82) is 0 Å². The minimum atomic E-state index is -3.18. The van der Waals surface area contributed by atoms with Gasteiger partial charge in [0.1, 0.15) is 0 Å². The minimum absolute atomic E-state index is 1.24. The van der Waals surface area contributed by atoms with Crippen LogP contribution in [0.15, 0.2) is 212 Å². The van der Waals surface area contributed by atoms with Crippen molar-refractivity contribution in [2.45, 2.75) is 0 Å². The summed E-state index contributed by atoms with van der Waals surface area (Å²) < 4.78 is 1.24. The van der Waals surface area contributed by atoms with Gasteiger partial charge >= 0.3 is 282 Å². The Bertz CT molecular complexity index is 1660. The fourth-order valence-corrected chi connectivity index (χ4v) is 47.3. The van der Waals surface area contributed by atoms with Crippen molar-refractivity contribution in [3.05, 3.63) is 212 Å². The predicted octanol–water partition coefficient (Wildman–Crippen LogP) is 7.90. The van der Waals surface area contributed by atoms with E-state index in [9.17, 15) is 10.2 Å². The molecule has 0 unspecified atom stereocenters. The molecular weight excluding hydrogens is 661 g/mol. The van der Waals surface area contributed by atoms with E-state index in [2.05, 4.69) is 212 Å². The molecule has 0 bridgehead atoms. The number of rotatable bonds is 9. The molecule has 0 aromatic heterocycles. The molecule has 0 saturated carbocycles. The van der Waals surface area contributed by atoms with E-state index < -0.39 is 22.7 Å². The van der Waals surface area contributed by atoms with Crippen LogP contribution in [0.3, 0.4) is 0 Å². The van der Waals surface area contributed by atoms with Gasteiger partial charge in [-0.1, -0.05) is 0 Å². The summed E-state index contributed by atoms with van der Waals surface area (Å²) in [6, 6.07) is 72.1. The van der Waals surface area contributed by atoms with Gasteiger partial charge in [0, 0.05) is 0 Å². The van der Waals surface area contributed by atoms with Gasteiger partial charge in [-0.3, -0.25) is 0 Å². The van der Waals surface area contributed by atoms with Crippen LogP contribution in [-0.4, -0.2) is 0 Å². The number of benzene rings is 7. The molecule has 0 heterocycles. The molecule has 46 heavy (non-hydrogen) atoms. The molecule has 0 saturated heterocycles. The summed E-state index contributed by atoms with van der Waals surface area (Å²) in [6.45, 7) is 0. The quantitative estimate of drug-likeness (QED) is 0.106. The van der Waals surface area contributed by atoms with Crippen LogP contribution in [0.25, 0.3) is 0 Å². The second-order valence-corrected chi connectivity index (χ2v) is 31.7. The molecule has 7 rings (SSSR count). The molecule has 0 spiro atoms. The van der Waals surface area contributed by atoms with Gasteiger partial charge in [-0.25, -0.2) is 0 Å². The van der Waals surface area contributed by atoms with Crippen LogP contribution in [-0.2, 0) is 10.6 Å². The maximum atomic E-state index is 9.33. The van der Waals surface area contributed by atoms with Gasteiger partial charge in [0.25, 0.3) is 0 Å². The van der Waals surface area contributed by atoms with Crippen molar-refractivity contribution >= 4 is 58.6 Å². The fourth-order valence-electron chi connectivity index (χ4n) is 6.70. The fraction of sp³-hybridized carbons (Fsp3) is 0. The third-order valence-corrected chi connectivity index (χ3v) is 41.2. The molecule has 0 aliphatic heterocycles. The monoisotopic (exact) mass is 696 g/mol. The Morgan fingerprint density at radius 1 is 0.261 bits per heavy atom. The molecule has 0 aliphatic rings. The zero-order valence-corrected chi connectivity index (χ0v) is 29.1. The third-order valence-electron chi connectivity index (χ3n) is 8.54. The third kappa shape index (κ3) is 4.90. The predicted molar refractivity (Wildman–Crippen MR) is 205 cm³/mol. The van der Waals surface area contributed by atoms with Crippen LogP contribution < -0.4 is 36.4 Å². The molecule has 4 heteroatoms. The van der Waals surface area contributed by atoms with Crippen LogP contribution >= 0.6 is 22.3 Å². The van der Waals surface area contributed by atoms with Crippen molar-refractivity contribution in [3.63, 3.8) is 0 Å². The molecular formula is C42H37ClNiP2. The Balaban J connectivity index is 1.82. The van der Waals surface area contributed by atoms with E-state index in [-0.39, 0.29) is 0 Å². The molecule has 0 nitrogen and oxygen atoms in total. The second kappa shape index (κ2) is 13.5. The normalized spacial score (nSPS) is 14.5. The van der Waals surface area contributed by atoms with Crippen molar-refractivity contribution < 1.29 is 10.6 Å². The maximum absolute atomic E-state index is 9.33. The Morgan fingerprint density at radius 2 is 0.435 bits per heavy atom. The zero-order chi connectivity index (χ0) is 31.3. The molecule has 0 atom stereocenters. The van der Waals surface area contributed by atoms with E-state index in [1.165, 1.54) is 36.4 Å². The summed E-state index contributed by atoms with van der Waals surface area (Å²) in [7, 11) is 6.76. The molecule has 0 amide bonds. The van der Waals surface area contributed by atoms with Gasteiger partial charge < -0.3 is 0 Å². The van der Waals surface area contributed by atoms with Gasteiger partial charge in [0.2, 0.25) is 0 Å². The first kappa shape index (κ1) is 30.8. The average Bonchev–Trinajstić information content (AvgIpc) is 3.15.